The summed E-state index contributed by atoms with van der Waals surface area (Å²) in [5.41, 5.74) is 3.21. The second kappa shape index (κ2) is 5.77. The average Bonchev–Trinajstić information content (AvgIpc) is 2.27. The Morgan fingerprint density at radius 3 is 2.38 bits per heavy atom. The molecule has 0 aliphatic rings. The fraction of sp³-hybridized carbons (Fsp3) is 0.214. The van der Waals surface area contributed by atoms with Crippen molar-refractivity contribution in [3.05, 3.63) is 53.6 Å². The predicted molar refractivity (Wildman–Crippen MR) is 67.5 cm³/mol. The lowest BCUT2D eigenvalue weighted by Gasteiger charge is -2.17. The van der Waals surface area contributed by atoms with Gasteiger partial charge in [-0.05, 0) is 24.1 Å². The molecule has 1 aromatic carbocycles. The first-order valence-electron chi connectivity index (χ1n) is 5.16. The van der Waals surface area contributed by atoms with Crippen LogP contribution in [0.4, 0.5) is 0 Å². The van der Waals surface area contributed by atoms with E-state index in [4.69, 9.17) is 5.26 Å². The lowest BCUT2D eigenvalue weighted by Crippen LogP contribution is -2.10. The molecule has 0 saturated carbocycles. The summed E-state index contributed by atoms with van der Waals surface area (Å²) in [5, 5.41) is 8.59. The van der Waals surface area contributed by atoms with Crippen LogP contribution in [-0.2, 0) is 0 Å². The lowest BCUT2D eigenvalue weighted by molar-refractivity contribution is 0.591. The second-order valence-electron chi connectivity index (χ2n) is 3.81. The molecule has 16 heavy (non-hydrogen) atoms. The summed E-state index contributed by atoms with van der Waals surface area (Å²) in [6.07, 6.45) is 3.56. The number of nitrogens with zero attached hydrogens (tertiary/aromatic N) is 2. The molecule has 0 fully saturated rings. The number of nitriles is 1. The van der Waals surface area contributed by atoms with Crippen LogP contribution in [0.2, 0.25) is 0 Å². The summed E-state index contributed by atoms with van der Waals surface area (Å²) in [6, 6.07) is 12.2. The van der Waals surface area contributed by atoms with E-state index in [-0.39, 0.29) is 0 Å². The second-order valence-corrected chi connectivity index (χ2v) is 3.81. The van der Waals surface area contributed by atoms with Gasteiger partial charge in [0.15, 0.2) is 0 Å². The van der Waals surface area contributed by atoms with Gasteiger partial charge in [0.25, 0.3) is 0 Å². The van der Waals surface area contributed by atoms with E-state index >= 15 is 0 Å². The average molecular weight is 212 g/mol. The first kappa shape index (κ1) is 12.1. The topological polar surface area (TPSA) is 27.0 Å². The van der Waals surface area contributed by atoms with Crippen LogP contribution in [0.25, 0.3) is 5.70 Å². The highest BCUT2D eigenvalue weighted by Gasteiger charge is 2.02. The van der Waals surface area contributed by atoms with Gasteiger partial charge in [0.2, 0.25) is 0 Å². The first-order chi connectivity index (χ1) is 7.65. The van der Waals surface area contributed by atoms with Crippen molar-refractivity contribution < 1.29 is 0 Å². The van der Waals surface area contributed by atoms with Crippen LogP contribution in [0.5, 0.6) is 0 Å². The molecule has 0 amide bonds. The molecule has 82 valence electrons. The number of hydrogen-bond donors (Lipinski definition) is 0. The Balaban J connectivity index is 3.12. The van der Waals surface area contributed by atoms with Crippen LogP contribution >= 0.6 is 0 Å². The molecule has 0 radical (unpaired) electrons. The van der Waals surface area contributed by atoms with Crippen molar-refractivity contribution in [2.75, 3.05) is 14.1 Å². The van der Waals surface area contributed by atoms with E-state index in [1.165, 1.54) is 0 Å². The van der Waals surface area contributed by atoms with E-state index in [9.17, 15) is 0 Å². The highest BCUT2D eigenvalue weighted by molar-refractivity contribution is 5.66. The van der Waals surface area contributed by atoms with Gasteiger partial charge in [0, 0.05) is 25.9 Å². The third-order valence-corrected chi connectivity index (χ3v) is 2.21. The van der Waals surface area contributed by atoms with Gasteiger partial charge in [-0.1, -0.05) is 30.3 Å². The van der Waals surface area contributed by atoms with E-state index in [2.05, 4.69) is 12.1 Å². The zero-order chi connectivity index (χ0) is 12.0. The molecule has 2 heteroatoms. The number of benzene rings is 1. The van der Waals surface area contributed by atoms with Crippen molar-refractivity contribution in [3.8, 4) is 6.07 Å². The summed E-state index contributed by atoms with van der Waals surface area (Å²) in [7, 11) is 4.00. The van der Waals surface area contributed by atoms with Crippen molar-refractivity contribution >= 4 is 5.70 Å². The fourth-order valence-corrected chi connectivity index (χ4v) is 1.44. The van der Waals surface area contributed by atoms with E-state index in [1.807, 2.05) is 56.3 Å². The molecule has 2 nitrogen and oxygen atoms in total. The smallest absolute Gasteiger partial charge is 0.0914 e. The van der Waals surface area contributed by atoms with Crippen LogP contribution in [0.3, 0.4) is 0 Å². The van der Waals surface area contributed by atoms with Crippen LogP contribution in [0.1, 0.15) is 12.5 Å². The molecule has 0 saturated heterocycles. The van der Waals surface area contributed by atoms with Crippen LogP contribution in [-0.4, -0.2) is 19.0 Å². The van der Waals surface area contributed by atoms with Gasteiger partial charge in [0.1, 0.15) is 0 Å². The third kappa shape index (κ3) is 3.29. The SMILES string of the molecule is CC(=C/C#N)/C=C(\c1ccccc1)N(C)C. The highest BCUT2D eigenvalue weighted by atomic mass is 15.1. The first-order valence-corrected chi connectivity index (χ1v) is 5.16. The Hall–Kier alpha value is -2.01. The molecule has 0 N–H and O–H groups in total. The Bertz CT molecular complexity index is 434. The van der Waals surface area contributed by atoms with E-state index in [1.54, 1.807) is 6.08 Å². The monoisotopic (exact) mass is 212 g/mol. The Morgan fingerprint density at radius 1 is 1.25 bits per heavy atom. The summed E-state index contributed by atoms with van der Waals surface area (Å²) in [5.74, 6) is 0. The number of allylic oxidation sites excluding steroid dienone is 3. The Morgan fingerprint density at radius 2 is 1.88 bits per heavy atom. The molecule has 1 aromatic rings. The van der Waals surface area contributed by atoms with Crippen LogP contribution < -0.4 is 0 Å². The van der Waals surface area contributed by atoms with Gasteiger partial charge in [-0.2, -0.15) is 5.26 Å². The van der Waals surface area contributed by atoms with Gasteiger partial charge < -0.3 is 4.90 Å². The van der Waals surface area contributed by atoms with E-state index in [0.29, 0.717) is 0 Å². The molecule has 0 atom stereocenters. The van der Waals surface area contributed by atoms with Crippen molar-refractivity contribution in [3.63, 3.8) is 0 Å². The largest absolute Gasteiger partial charge is 0.377 e. The summed E-state index contributed by atoms with van der Waals surface area (Å²) < 4.78 is 0. The molecular formula is C14H16N2. The quantitative estimate of drug-likeness (QED) is 0.568. The molecular weight excluding hydrogens is 196 g/mol. The molecule has 0 aliphatic carbocycles. The van der Waals surface area contributed by atoms with Gasteiger partial charge >= 0.3 is 0 Å². The van der Waals surface area contributed by atoms with Crippen molar-refractivity contribution in [1.82, 2.24) is 4.90 Å². The Kier molecular flexibility index (Phi) is 4.35. The summed E-state index contributed by atoms with van der Waals surface area (Å²) in [4.78, 5) is 2.05. The van der Waals surface area contributed by atoms with Crippen molar-refractivity contribution in [2.24, 2.45) is 0 Å². The fourth-order valence-electron chi connectivity index (χ4n) is 1.44. The molecule has 0 aliphatic heterocycles. The molecule has 0 bridgehead atoms. The highest BCUT2D eigenvalue weighted by Crippen LogP contribution is 2.18. The normalized spacial score (nSPS) is 12.1. The van der Waals surface area contributed by atoms with E-state index in [0.717, 1.165) is 16.8 Å². The summed E-state index contributed by atoms with van der Waals surface area (Å²) >= 11 is 0. The van der Waals surface area contributed by atoms with Crippen LogP contribution in [0, 0.1) is 11.3 Å². The van der Waals surface area contributed by atoms with Gasteiger partial charge in [0.05, 0.1) is 6.07 Å². The maximum absolute atomic E-state index is 8.59. The molecule has 0 unspecified atom stereocenters. The third-order valence-electron chi connectivity index (χ3n) is 2.21. The zero-order valence-electron chi connectivity index (χ0n) is 9.94. The maximum atomic E-state index is 8.59. The summed E-state index contributed by atoms with van der Waals surface area (Å²) in [6.45, 7) is 1.93. The minimum absolute atomic E-state index is 0.954. The van der Waals surface area contributed by atoms with Gasteiger partial charge in [-0.3, -0.25) is 0 Å². The molecule has 0 heterocycles. The van der Waals surface area contributed by atoms with Crippen LogP contribution in [0.15, 0.2) is 48.1 Å². The minimum atomic E-state index is 0.954. The molecule has 0 aromatic heterocycles. The van der Waals surface area contributed by atoms with Crippen molar-refractivity contribution in [2.45, 2.75) is 6.92 Å². The number of rotatable bonds is 3. The Labute approximate surface area is 97.1 Å². The molecule has 1 rings (SSSR count). The van der Waals surface area contributed by atoms with Crippen molar-refractivity contribution in [1.29, 1.82) is 5.26 Å². The number of hydrogen-bond acceptors (Lipinski definition) is 2. The van der Waals surface area contributed by atoms with Gasteiger partial charge in [-0.25, -0.2) is 0 Å². The molecule has 0 spiro atoms. The maximum Gasteiger partial charge on any atom is 0.0914 e. The minimum Gasteiger partial charge on any atom is -0.377 e. The zero-order valence-corrected chi connectivity index (χ0v) is 9.94. The lowest BCUT2D eigenvalue weighted by atomic mass is 10.1. The predicted octanol–water partition coefficient (Wildman–Crippen LogP) is 3.06. The standard InChI is InChI=1S/C14H16N2/c1-12(9-10-15)11-14(16(2)3)13-7-5-4-6-8-13/h4-9,11H,1-3H3/b12-9-,14-11+. The van der Waals surface area contributed by atoms with E-state index < -0.39 is 0 Å². The van der Waals surface area contributed by atoms with Gasteiger partial charge in [-0.15, -0.1) is 0 Å².